The SMILES string of the molecule is O=[N+]([O-])c1ccc(N=Nc2ccc(N(CCCCCCCCCCCCn3c4ccccc4c4ccccc43)CCCn3c4ccccc4c4ccccc43)cc2)cc1. The molecule has 300 valence electrons. The van der Waals surface area contributed by atoms with Crippen molar-refractivity contribution in [3.63, 3.8) is 0 Å². The molecule has 2 aromatic heterocycles. The molecule has 2 heterocycles. The van der Waals surface area contributed by atoms with Gasteiger partial charge in [0.15, 0.2) is 0 Å². The highest BCUT2D eigenvalue weighted by Crippen LogP contribution is 2.31. The predicted octanol–water partition coefficient (Wildman–Crippen LogP) is 14.7. The van der Waals surface area contributed by atoms with E-state index in [4.69, 9.17) is 0 Å². The highest BCUT2D eigenvalue weighted by atomic mass is 16.6. The van der Waals surface area contributed by atoms with Gasteiger partial charge in [-0.1, -0.05) is 124 Å². The molecule has 0 bridgehead atoms. The lowest BCUT2D eigenvalue weighted by atomic mass is 10.1. The molecule has 0 aliphatic carbocycles. The summed E-state index contributed by atoms with van der Waals surface area (Å²) in [6.45, 7) is 4.01. The van der Waals surface area contributed by atoms with E-state index in [0.29, 0.717) is 5.69 Å². The first-order valence-corrected chi connectivity index (χ1v) is 21.6. The van der Waals surface area contributed by atoms with Crippen LogP contribution in [0.1, 0.15) is 70.6 Å². The van der Waals surface area contributed by atoms with Crippen LogP contribution in [0.4, 0.5) is 22.7 Å². The fraction of sp³-hybridized carbons (Fsp3) is 0.294. The Morgan fingerprint density at radius 1 is 0.424 bits per heavy atom. The third kappa shape index (κ3) is 9.55. The minimum Gasteiger partial charge on any atom is -0.371 e. The Morgan fingerprint density at radius 3 is 1.22 bits per heavy atom. The zero-order valence-corrected chi connectivity index (χ0v) is 34.0. The summed E-state index contributed by atoms with van der Waals surface area (Å²) in [6.07, 6.45) is 13.8. The van der Waals surface area contributed by atoms with Crippen LogP contribution in [0.5, 0.6) is 0 Å². The maximum absolute atomic E-state index is 11.0. The second-order valence-electron chi connectivity index (χ2n) is 15.7. The van der Waals surface area contributed by atoms with Crippen molar-refractivity contribution in [2.75, 3.05) is 18.0 Å². The van der Waals surface area contributed by atoms with Gasteiger partial charge in [-0.25, -0.2) is 0 Å². The zero-order chi connectivity index (χ0) is 40.2. The van der Waals surface area contributed by atoms with Crippen molar-refractivity contribution in [1.29, 1.82) is 0 Å². The number of hydrogen-bond donors (Lipinski definition) is 0. The number of nitro groups is 1. The Morgan fingerprint density at radius 2 is 0.780 bits per heavy atom. The number of aryl methyl sites for hydroxylation is 2. The van der Waals surface area contributed by atoms with Crippen LogP contribution in [0.2, 0.25) is 0 Å². The number of rotatable bonds is 21. The maximum Gasteiger partial charge on any atom is 0.269 e. The van der Waals surface area contributed by atoms with Crippen molar-refractivity contribution in [1.82, 2.24) is 9.13 Å². The van der Waals surface area contributed by atoms with E-state index >= 15 is 0 Å². The molecule has 0 amide bonds. The van der Waals surface area contributed by atoms with E-state index in [1.165, 1.54) is 126 Å². The average molecular weight is 783 g/mol. The molecule has 8 aromatic rings. The first-order valence-electron chi connectivity index (χ1n) is 21.6. The molecular weight excluding hydrogens is 729 g/mol. The van der Waals surface area contributed by atoms with Gasteiger partial charge in [0, 0.05) is 87.6 Å². The molecule has 0 saturated heterocycles. The lowest BCUT2D eigenvalue weighted by Crippen LogP contribution is -2.26. The van der Waals surface area contributed by atoms with Crippen LogP contribution >= 0.6 is 0 Å². The van der Waals surface area contributed by atoms with Gasteiger partial charge in [0.05, 0.1) is 16.3 Å². The summed E-state index contributed by atoms with van der Waals surface area (Å²) >= 11 is 0. The third-order valence-electron chi connectivity index (χ3n) is 11.8. The molecule has 0 radical (unpaired) electrons. The van der Waals surface area contributed by atoms with Gasteiger partial charge >= 0.3 is 0 Å². The smallest absolute Gasteiger partial charge is 0.269 e. The van der Waals surface area contributed by atoms with Gasteiger partial charge in [0.25, 0.3) is 5.69 Å². The summed E-state index contributed by atoms with van der Waals surface area (Å²) in [7, 11) is 0. The van der Waals surface area contributed by atoms with Crippen molar-refractivity contribution < 1.29 is 4.92 Å². The van der Waals surface area contributed by atoms with Gasteiger partial charge < -0.3 is 14.0 Å². The van der Waals surface area contributed by atoms with Crippen LogP contribution in [-0.2, 0) is 13.1 Å². The molecular formula is C51H54N6O2. The average Bonchev–Trinajstić information content (AvgIpc) is 3.78. The first kappa shape index (κ1) is 39.5. The third-order valence-corrected chi connectivity index (χ3v) is 11.8. The fourth-order valence-corrected chi connectivity index (χ4v) is 8.75. The summed E-state index contributed by atoms with van der Waals surface area (Å²) in [5.41, 5.74) is 7.87. The Kier molecular flexibility index (Phi) is 13.0. The van der Waals surface area contributed by atoms with Gasteiger partial charge in [0.2, 0.25) is 0 Å². The predicted molar refractivity (Wildman–Crippen MR) is 246 cm³/mol. The fourth-order valence-electron chi connectivity index (χ4n) is 8.75. The van der Waals surface area contributed by atoms with Gasteiger partial charge in [-0.15, -0.1) is 0 Å². The molecule has 0 atom stereocenters. The normalized spacial score (nSPS) is 11.8. The van der Waals surface area contributed by atoms with Gasteiger partial charge in [-0.3, -0.25) is 10.1 Å². The van der Waals surface area contributed by atoms with E-state index in [1.807, 2.05) is 12.1 Å². The van der Waals surface area contributed by atoms with Crippen molar-refractivity contribution in [3.05, 3.63) is 156 Å². The lowest BCUT2D eigenvalue weighted by Gasteiger charge is -2.25. The topological polar surface area (TPSA) is 81.0 Å². The van der Waals surface area contributed by atoms with E-state index in [2.05, 4.69) is 133 Å². The van der Waals surface area contributed by atoms with E-state index in [0.717, 1.165) is 38.3 Å². The summed E-state index contributed by atoms with van der Waals surface area (Å²) in [6, 6.07) is 49.6. The number of para-hydroxylation sites is 4. The molecule has 0 aliphatic rings. The van der Waals surface area contributed by atoms with Crippen LogP contribution in [0.25, 0.3) is 43.6 Å². The Labute approximate surface area is 347 Å². The van der Waals surface area contributed by atoms with Crippen LogP contribution in [0, 0.1) is 10.1 Å². The number of fused-ring (bicyclic) bond motifs is 6. The highest BCUT2D eigenvalue weighted by Gasteiger charge is 2.13. The number of hydrogen-bond acceptors (Lipinski definition) is 5. The van der Waals surface area contributed by atoms with E-state index < -0.39 is 4.92 Å². The van der Waals surface area contributed by atoms with Crippen LogP contribution in [-0.4, -0.2) is 27.1 Å². The van der Waals surface area contributed by atoms with Gasteiger partial charge in [0.1, 0.15) is 0 Å². The zero-order valence-electron chi connectivity index (χ0n) is 34.0. The van der Waals surface area contributed by atoms with Crippen molar-refractivity contribution in [2.45, 2.75) is 83.7 Å². The van der Waals surface area contributed by atoms with Crippen LogP contribution < -0.4 is 4.90 Å². The number of nitro benzene ring substituents is 1. The molecule has 8 heteroatoms. The van der Waals surface area contributed by atoms with Gasteiger partial charge in [-0.05, 0) is 79.9 Å². The van der Waals surface area contributed by atoms with Crippen LogP contribution in [0.3, 0.4) is 0 Å². The molecule has 59 heavy (non-hydrogen) atoms. The summed E-state index contributed by atoms with van der Waals surface area (Å²) < 4.78 is 5.00. The molecule has 6 aromatic carbocycles. The monoisotopic (exact) mass is 782 g/mol. The van der Waals surface area contributed by atoms with E-state index in [1.54, 1.807) is 12.1 Å². The number of aromatic nitrogens is 2. The number of anilines is 1. The first-order chi connectivity index (χ1) is 29.1. The molecule has 8 rings (SSSR count). The molecule has 0 N–H and O–H groups in total. The Bertz CT molecular complexity index is 2530. The maximum atomic E-state index is 11.0. The van der Waals surface area contributed by atoms with Gasteiger partial charge in [-0.2, -0.15) is 10.2 Å². The van der Waals surface area contributed by atoms with Crippen molar-refractivity contribution >= 4 is 66.4 Å². The summed E-state index contributed by atoms with van der Waals surface area (Å²) in [5.74, 6) is 0. The molecule has 0 spiro atoms. The second-order valence-corrected chi connectivity index (χ2v) is 15.7. The summed E-state index contributed by atoms with van der Waals surface area (Å²) in [5, 5.41) is 25.1. The number of benzene rings is 6. The minimum atomic E-state index is -0.410. The second kappa shape index (κ2) is 19.4. The molecule has 0 unspecified atom stereocenters. The number of azo groups is 1. The lowest BCUT2D eigenvalue weighted by molar-refractivity contribution is -0.384. The quantitative estimate of drug-likeness (QED) is 0.0315. The Hall–Kier alpha value is -6.28. The van der Waals surface area contributed by atoms with Crippen molar-refractivity contribution in [2.24, 2.45) is 10.2 Å². The summed E-state index contributed by atoms with van der Waals surface area (Å²) in [4.78, 5) is 13.1. The molecule has 0 fully saturated rings. The minimum absolute atomic E-state index is 0.0420. The van der Waals surface area contributed by atoms with E-state index in [-0.39, 0.29) is 5.69 Å². The Balaban J connectivity index is 0.802. The molecule has 0 aliphatic heterocycles. The number of non-ortho nitro benzene ring substituents is 1. The standard InChI is InChI=1S/C51H54N6O2/c58-57(59)43-34-30-41(31-35-43)53-52-40-28-32-42(33-29-40)54(37-19-39-56-50-26-15-11-22-46(50)47-23-12-16-27-51(47)56)36-17-7-5-3-1-2-4-6-8-18-38-55-48-24-13-9-20-44(48)45-21-10-14-25-49(45)55/h9-16,20-35H,1-8,17-19,36-39H2. The highest BCUT2D eigenvalue weighted by molar-refractivity contribution is 6.08. The van der Waals surface area contributed by atoms with Crippen LogP contribution in [0.15, 0.2) is 156 Å². The largest absolute Gasteiger partial charge is 0.371 e. The van der Waals surface area contributed by atoms with Crippen molar-refractivity contribution in [3.8, 4) is 0 Å². The number of nitrogens with zero attached hydrogens (tertiary/aromatic N) is 6. The molecule has 8 nitrogen and oxygen atoms in total. The molecule has 0 saturated carbocycles. The van der Waals surface area contributed by atoms with E-state index in [9.17, 15) is 10.1 Å². The number of unbranched alkanes of at least 4 members (excludes halogenated alkanes) is 9.